The fraction of sp³-hybridized carbons (Fsp3) is 0.625. The molecule has 1 amide bonds. The lowest BCUT2D eigenvalue weighted by Gasteiger charge is -2.53. The molecule has 1 N–H and O–H groups in total. The quantitative estimate of drug-likeness (QED) is 0.902. The highest BCUT2D eigenvalue weighted by molar-refractivity contribution is 5.92. The van der Waals surface area contributed by atoms with Gasteiger partial charge in [0.1, 0.15) is 5.69 Å². The topological polar surface area (TPSA) is 45.2 Å². The molecule has 1 saturated heterocycles. The molecule has 2 rings (SSSR count). The highest BCUT2D eigenvalue weighted by Crippen LogP contribution is 2.36. The molecular weight excluding hydrogens is 250 g/mol. The van der Waals surface area contributed by atoms with Gasteiger partial charge in [-0.15, -0.1) is 0 Å². The average molecular weight is 275 g/mol. The highest BCUT2D eigenvalue weighted by Gasteiger charge is 2.43. The van der Waals surface area contributed by atoms with E-state index in [0.717, 1.165) is 12.8 Å². The van der Waals surface area contributed by atoms with Gasteiger partial charge in [0.2, 0.25) is 0 Å². The fourth-order valence-corrected chi connectivity index (χ4v) is 3.23. The van der Waals surface area contributed by atoms with Crippen LogP contribution in [0.1, 0.15) is 51.0 Å². The van der Waals surface area contributed by atoms with Crippen LogP contribution in [0.2, 0.25) is 0 Å². The zero-order valence-corrected chi connectivity index (χ0v) is 13.1. The predicted molar refractivity (Wildman–Crippen MR) is 80.6 cm³/mol. The van der Waals surface area contributed by atoms with Gasteiger partial charge in [-0.1, -0.05) is 6.07 Å². The van der Waals surface area contributed by atoms with Crippen molar-refractivity contribution in [3.05, 3.63) is 30.1 Å². The number of rotatable bonds is 2. The van der Waals surface area contributed by atoms with Crippen molar-refractivity contribution < 1.29 is 4.79 Å². The maximum Gasteiger partial charge on any atom is 0.270 e. The summed E-state index contributed by atoms with van der Waals surface area (Å²) in [4.78, 5) is 18.7. The second kappa shape index (κ2) is 5.17. The number of nitrogens with zero attached hydrogens (tertiary/aromatic N) is 2. The van der Waals surface area contributed by atoms with Gasteiger partial charge in [0.05, 0.1) is 0 Å². The van der Waals surface area contributed by atoms with Crippen molar-refractivity contribution in [3.8, 4) is 0 Å². The molecule has 20 heavy (non-hydrogen) atoms. The van der Waals surface area contributed by atoms with Gasteiger partial charge >= 0.3 is 0 Å². The zero-order valence-electron chi connectivity index (χ0n) is 13.1. The van der Waals surface area contributed by atoms with E-state index < -0.39 is 0 Å². The van der Waals surface area contributed by atoms with Crippen LogP contribution in [0.25, 0.3) is 0 Å². The summed E-state index contributed by atoms with van der Waals surface area (Å²) >= 11 is 0. The van der Waals surface area contributed by atoms with Crippen LogP contribution in [0.3, 0.4) is 0 Å². The molecule has 0 aliphatic carbocycles. The van der Waals surface area contributed by atoms with E-state index in [0.29, 0.717) is 5.69 Å². The molecule has 1 aromatic rings. The van der Waals surface area contributed by atoms with Crippen LogP contribution in [-0.4, -0.2) is 40.0 Å². The van der Waals surface area contributed by atoms with Crippen molar-refractivity contribution >= 4 is 5.91 Å². The van der Waals surface area contributed by atoms with Crippen LogP contribution in [-0.2, 0) is 0 Å². The fourth-order valence-electron chi connectivity index (χ4n) is 3.23. The van der Waals surface area contributed by atoms with Crippen LogP contribution in [0.5, 0.6) is 0 Å². The number of hydrogen-bond acceptors (Lipinski definition) is 3. The third-order valence-electron chi connectivity index (χ3n) is 4.54. The second-order valence-corrected chi connectivity index (χ2v) is 6.98. The third-order valence-corrected chi connectivity index (χ3v) is 4.54. The minimum Gasteiger partial charge on any atom is -0.348 e. The van der Waals surface area contributed by atoms with E-state index in [1.165, 1.54) is 0 Å². The van der Waals surface area contributed by atoms with Gasteiger partial charge in [-0.2, -0.15) is 0 Å². The summed E-state index contributed by atoms with van der Waals surface area (Å²) < 4.78 is 0. The Kier molecular flexibility index (Phi) is 3.87. The standard InChI is InChI=1S/C16H25N3O/c1-15(2)10-12(11-16(3,4)19(15)5)18-14(20)13-8-6-7-9-17-13/h6-9,12H,10-11H2,1-5H3,(H,18,20). The van der Waals surface area contributed by atoms with E-state index in [9.17, 15) is 4.79 Å². The molecule has 0 aromatic carbocycles. The largest absolute Gasteiger partial charge is 0.348 e. The van der Waals surface area contributed by atoms with Crippen molar-refractivity contribution in [2.45, 2.75) is 57.7 Å². The van der Waals surface area contributed by atoms with Crippen LogP contribution in [0.4, 0.5) is 0 Å². The van der Waals surface area contributed by atoms with Crippen LogP contribution in [0.15, 0.2) is 24.4 Å². The Morgan fingerprint density at radius 2 is 1.85 bits per heavy atom. The zero-order chi connectivity index (χ0) is 15.0. The lowest BCUT2D eigenvalue weighted by molar-refractivity contribution is -0.0169. The first kappa shape index (κ1) is 15.0. The summed E-state index contributed by atoms with van der Waals surface area (Å²) in [5.74, 6) is -0.0771. The maximum absolute atomic E-state index is 12.2. The van der Waals surface area contributed by atoms with Crippen molar-refractivity contribution in [2.24, 2.45) is 0 Å². The SMILES string of the molecule is CN1C(C)(C)CC(NC(=O)c2ccccn2)CC1(C)C. The lowest BCUT2D eigenvalue weighted by Crippen LogP contribution is -2.62. The number of hydrogen-bond donors (Lipinski definition) is 1. The molecule has 0 bridgehead atoms. The Morgan fingerprint density at radius 3 is 2.35 bits per heavy atom. The van der Waals surface area contributed by atoms with Crippen molar-refractivity contribution in [1.82, 2.24) is 15.2 Å². The molecule has 0 unspecified atom stereocenters. The Labute approximate surface area is 121 Å². The summed E-state index contributed by atoms with van der Waals surface area (Å²) in [5, 5.41) is 3.14. The molecule has 2 heterocycles. The molecule has 0 radical (unpaired) electrons. The number of carbonyl (C=O) groups is 1. The number of nitrogens with one attached hydrogen (secondary N) is 1. The lowest BCUT2D eigenvalue weighted by atomic mass is 9.77. The molecule has 0 spiro atoms. The third kappa shape index (κ3) is 3.01. The molecule has 1 aliphatic heterocycles. The van der Waals surface area contributed by atoms with Gasteiger partial charge < -0.3 is 5.32 Å². The molecule has 1 fully saturated rings. The Hall–Kier alpha value is -1.42. The second-order valence-electron chi connectivity index (χ2n) is 6.98. The summed E-state index contributed by atoms with van der Waals surface area (Å²) in [6, 6.07) is 5.59. The number of pyridine rings is 1. The van der Waals surface area contributed by atoms with E-state index in [2.05, 4.69) is 49.9 Å². The summed E-state index contributed by atoms with van der Waals surface area (Å²) in [6.07, 6.45) is 3.55. The minimum absolute atomic E-state index is 0.0732. The molecule has 1 aliphatic rings. The van der Waals surface area contributed by atoms with Gasteiger partial charge in [-0.25, -0.2) is 0 Å². The normalized spacial score (nSPS) is 22.4. The average Bonchev–Trinajstić information content (AvgIpc) is 2.36. The number of likely N-dealkylation sites (tertiary alicyclic amines) is 1. The molecule has 110 valence electrons. The molecule has 4 nitrogen and oxygen atoms in total. The summed E-state index contributed by atoms with van der Waals surface area (Å²) in [6.45, 7) is 8.92. The first-order chi connectivity index (χ1) is 9.22. The van der Waals surface area contributed by atoms with Crippen LogP contribution >= 0.6 is 0 Å². The van der Waals surface area contributed by atoms with E-state index in [1.54, 1.807) is 12.3 Å². The monoisotopic (exact) mass is 275 g/mol. The summed E-state index contributed by atoms with van der Waals surface area (Å²) in [5.41, 5.74) is 0.634. The van der Waals surface area contributed by atoms with E-state index in [4.69, 9.17) is 0 Å². The number of aromatic nitrogens is 1. The molecule has 4 heteroatoms. The first-order valence-corrected chi connectivity index (χ1v) is 7.18. The minimum atomic E-state index is -0.0771. The van der Waals surface area contributed by atoms with Crippen LogP contribution in [0, 0.1) is 0 Å². The smallest absolute Gasteiger partial charge is 0.270 e. The van der Waals surface area contributed by atoms with E-state index in [1.807, 2.05) is 12.1 Å². The van der Waals surface area contributed by atoms with Gasteiger partial charge in [0.15, 0.2) is 0 Å². The van der Waals surface area contributed by atoms with Crippen molar-refractivity contribution in [1.29, 1.82) is 0 Å². The van der Waals surface area contributed by atoms with Gasteiger partial charge in [-0.05, 0) is 59.7 Å². The Balaban J connectivity index is 2.09. The maximum atomic E-state index is 12.2. The van der Waals surface area contributed by atoms with E-state index >= 15 is 0 Å². The van der Waals surface area contributed by atoms with Gasteiger partial charge in [0, 0.05) is 23.3 Å². The number of amides is 1. The molecule has 1 aromatic heterocycles. The number of piperidine rings is 1. The summed E-state index contributed by atoms with van der Waals surface area (Å²) in [7, 11) is 2.16. The highest BCUT2D eigenvalue weighted by atomic mass is 16.1. The molecule has 0 atom stereocenters. The van der Waals surface area contributed by atoms with Crippen molar-refractivity contribution in [3.63, 3.8) is 0 Å². The predicted octanol–water partition coefficient (Wildman–Crippen LogP) is 2.46. The van der Waals surface area contributed by atoms with Gasteiger partial charge in [0.25, 0.3) is 5.91 Å². The molecule has 0 saturated carbocycles. The Bertz CT molecular complexity index is 464. The first-order valence-electron chi connectivity index (χ1n) is 7.18. The van der Waals surface area contributed by atoms with Crippen LogP contribution < -0.4 is 5.32 Å². The van der Waals surface area contributed by atoms with Crippen molar-refractivity contribution in [2.75, 3.05) is 7.05 Å². The van der Waals surface area contributed by atoms with Gasteiger partial charge in [-0.3, -0.25) is 14.7 Å². The Morgan fingerprint density at radius 1 is 1.25 bits per heavy atom. The van der Waals surface area contributed by atoms with E-state index in [-0.39, 0.29) is 23.0 Å². The number of carbonyl (C=O) groups excluding carboxylic acids is 1. The molecular formula is C16H25N3O.